The van der Waals surface area contributed by atoms with Gasteiger partial charge in [0.25, 0.3) is 5.91 Å². The van der Waals surface area contributed by atoms with Crippen molar-refractivity contribution in [2.75, 3.05) is 6.61 Å². The molecule has 31 heavy (non-hydrogen) atoms. The summed E-state index contributed by atoms with van der Waals surface area (Å²) in [7, 11) is -3.58. The summed E-state index contributed by atoms with van der Waals surface area (Å²) in [6.07, 6.45) is 0.335. The van der Waals surface area contributed by atoms with Crippen molar-refractivity contribution in [3.8, 4) is 11.1 Å². The monoisotopic (exact) mass is 436 g/mol. The van der Waals surface area contributed by atoms with Crippen LogP contribution in [0.15, 0.2) is 78.9 Å². The molecular formula is C24H25N2O4P. The third kappa shape index (κ3) is 4.21. The van der Waals surface area contributed by atoms with Gasteiger partial charge in [0.2, 0.25) is 0 Å². The van der Waals surface area contributed by atoms with E-state index in [2.05, 4.69) is 0 Å². The molecule has 1 aliphatic heterocycles. The molecule has 0 saturated heterocycles. The molecule has 1 heterocycles. The second-order valence-electron chi connectivity index (χ2n) is 7.41. The molecule has 0 radical (unpaired) electrons. The molecule has 4 rings (SSSR count). The first-order valence-corrected chi connectivity index (χ1v) is 11.8. The van der Waals surface area contributed by atoms with Crippen LogP contribution in [0.25, 0.3) is 11.1 Å². The van der Waals surface area contributed by atoms with E-state index in [4.69, 9.17) is 4.52 Å². The van der Waals surface area contributed by atoms with Crippen LogP contribution in [0.5, 0.6) is 0 Å². The van der Waals surface area contributed by atoms with Crippen LogP contribution in [0, 0.1) is 0 Å². The lowest BCUT2D eigenvalue weighted by atomic mass is 9.95. The van der Waals surface area contributed by atoms with Crippen molar-refractivity contribution < 1.29 is 19.1 Å². The number of benzene rings is 3. The van der Waals surface area contributed by atoms with E-state index >= 15 is 0 Å². The molecule has 160 valence electrons. The fourth-order valence-corrected chi connectivity index (χ4v) is 6.40. The molecule has 3 aromatic rings. The van der Waals surface area contributed by atoms with Crippen LogP contribution in [0.1, 0.15) is 18.1 Å². The maximum atomic E-state index is 14.3. The van der Waals surface area contributed by atoms with Gasteiger partial charge in [-0.25, -0.2) is 10.2 Å². The number of rotatable bonds is 6. The first kappa shape index (κ1) is 21.5. The van der Waals surface area contributed by atoms with E-state index in [1.807, 2.05) is 66.7 Å². The van der Waals surface area contributed by atoms with E-state index < -0.39 is 19.5 Å². The number of fused-ring (bicyclic) bond motifs is 1. The van der Waals surface area contributed by atoms with Gasteiger partial charge in [0, 0.05) is 6.54 Å². The highest BCUT2D eigenvalue weighted by Gasteiger charge is 2.44. The van der Waals surface area contributed by atoms with E-state index in [-0.39, 0.29) is 13.2 Å². The predicted octanol–water partition coefficient (Wildman–Crippen LogP) is 4.14. The number of carbonyl (C=O) groups excluding carboxylic acids is 1. The molecule has 1 aliphatic rings. The Morgan fingerprint density at radius 3 is 2.26 bits per heavy atom. The number of hydroxylamine groups is 1. The molecule has 0 saturated carbocycles. The standard InChI is InChI=1S/C24H25N2O4P/c1-2-30-31(29,22-14-12-19(13-15-22)18-8-4-3-5-9-18)26-17-21-11-7-6-10-20(21)16-23(26)24(27)25-28/h3-15,23,28H,2,16-17H2,1H3,(H,25,27)/t23-,31-/m1/s1. The molecule has 2 atom stereocenters. The Morgan fingerprint density at radius 1 is 1.00 bits per heavy atom. The van der Waals surface area contributed by atoms with E-state index in [1.54, 1.807) is 29.2 Å². The zero-order valence-electron chi connectivity index (χ0n) is 17.3. The Bertz CT molecular complexity index is 1100. The first-order chi connectivity index (χ1) is 15.1. The molecule has 3 aromatic carbocycles. The summed E-state index contributed by atoms with van der Waals surface area (Å²) in [6, 6.07) is 24.3. The van der Waals surface area contributed by atoms with Crippen LogP contribution >= 0.6 is 7.52 Å². The van der Waals surface area contributed by atoms with Crippen molar-refractivity contribution in [1.82, 2.24) is 10.2 Å². The Morgan fingerprint density at radius 2 is 1.61 bits per heavy atom. The molecule has 0 unspecified atom stereocenters. The van der Waals surface area contributed by atoms with Crippen molar-refractivity contribution in [2.24, 2.45) is 0 Å². The lowest BCUT2D eigenvalue weighted by molar-refractivity contribution is -0.133. The number of nitrogens with one attached hydrogen (secondary N) is 1. The fraction of sp³-hybridized carbons (Fsp3) is 0.208. The topological polar surface area (TPSA) is 78.9 Å². The van der Waals surface area contributed by atoms with Gasteiger partial charge < -0.3 is 4.52 Å². The van der Waals surface area contributed by atoms with Crippen molar-refractivity contribution in [3.05, 3.63) is 90.0 Å². The molecule has 0 aromatic heterocycles. The highest BCUT2D eigenvalue weighted by atomic mass is 31.2. The summed E-state index contributed by atoms with van der Waals surface area (Å²) >= 11 is 0. The van der Waals surface area contributed by atoms with E-state index in [0.29, 0.717) is 11.7 Å². The third-order valence-electron chi connectivity index (χ3n) is 5.58. The van der Waals surface area contributed by atoms with Crippen LogP contribution in [0.4, 0.5) is 0 Å². The van der Waals surface area contributed by atoms with Gasteiger partial charge in [0.15, 0.2) is 0 Å². The van der Waals surface area contributed by atoms with Crippen LogP contribution in [-0.4, -0.2) is 28.4 Å². The Hall–Kier alpha value is -2.76. The van der Waals surface area contributed by atoms with Crippen LogP contribution < -0.4 is 10.8 Å². The Kier molecular flexibility index (Phi) is 6.35. The summed E-state index contributed by atoms with van der Waals surface area (Å²) in [5.41, 5.74) is 5.78. The van der Waals surface area contributed by atoms with Crippen molar-refractivity contribution in [1.29, 1.82) is 0 Å². The minimum atomic E-state index is -3.58. The Balaban J connectivity index is 1.75. The fourth-order valence-electron chi connectivity index (χ4n) is 4.03. The van der Waals surface area contributed by atoms with E-state index in [0.717, 1.165) is 22.3 Å². The smallest absolute Gasteiger partial charge is 0.303 e. The van der Waals surface area contributed by atoms with Crippen LogP contribution in [0.2, 0.25) is 0 Å². The second kappa shape index (κ2) is 9.16. The number of carbonyl (C=O) groups is 1. The number of nitrogens with zero attached hydrogens (tertiary/aromatic N) is 1. The quantitative estimate of drug-likeness (QED) is 0.345. The number of hydrogen-bond acceptors (Lipinski definition) is 4. The average Bonchev–Trinajstić information content (AvgIpc) is 2.83. The molecular weight excluding hydrogens is 411 g/mol. The van der Waals surface area contributed by atoms with Gasteiger partial charge >= 0.3 is 7.52 Å². The maximum absolute atomic E-state index is 14.3. The summed E-state index contributed by atoms with van der Waals surface area (Å²) in [5.74, 6) is -0.602. The minimum absolute atomic E-state index is 0.226. The lowest BCUT2D eigenvalue weighted by Gasteiger charge is -2.39. The van der Waals surface area contributed by atoms with E-state index in [1.165, 1.54) is 0 Å². The molecule has 0 aliphatic carbocycles. The maximum Gasteiger partial charge on any atom is 0.303 e. The molecule has 2 N–H and O–H groups in total. The molecule has 0 spiro atoms. The second-order valence-corrected chi connectivity index (χ2v) is 9.74. The number of amides is 1. The summed E-state index contributed by atoms with van der Waals surface area (Å²) in [6.45, 7) is 2.29. The predicted molar refractivity (Wildman–Crippen MR) is 120 cm³/mol. The van der Waals surface area contributed by atoms with Gasteiger partial charge in [0.05, 0.1) is 11.9 Å². The van der Waals surface area contributed by atoms with Gasteiger partial charge in [0.1, 0.15) is 6.04 Å². The van der Waals surface area contributed by atoms with E-state index in [9.17, 15) is 14.6 Å². The molecule has 6 nitrogen and oxygen atoms in total. The average molecular weight is 436 g/mol. The lowest BCUT2D eigenvalue weighted by Crippen LogP contribution is -2.49. The van der Waals surface area contributed by atoms with Gasteiger partial charge in [-0.1, -0.05) is 66.7 Å². The van der Waals surface area contributed by atoms with Crippen LogP contribution in [0.3, 0.4) is 0 Å². The van der Waals surface area contributed by atoms with Crippen molar-refractivity contribution >= 4 is 18.7 Å². The first-order valence-electron chi connectivity index (χ1n) is 10.3. The van der Waals surface area contributed by atoms with Crippen LogP contribution in [-0.2, 0) is 26.8 Å². The summed E-state index contributed by atoms with van der Waals surface area (Å²) in [5, 5.41) is 9.84. The zero-order valence-corrected chi connectivity index (χ0v) is 18.2. The van der Waals surface area contributed by atoms with Gasteiger partial charge in [-0.2, -0.15) is 0 Å². The van der Waals surface area contributed by atoms with Crippen molar-refractivity contribution in [3.63, 3.8) is 0 Å². The van der Waals surface area contributed by atoms with Gasteiger partial charge in [-0.05, 0) is 47.7 Å². The molecule has 7 heteroatoms. The SMILES string of the molecule is CCO[P@](=O)(c1ccc(-c2ccccc2)cc1)N1Cc2ccccc2C[C@@H]1C(=O)NO. The third-order valence-corrected chi connectivity index (χ3v) is 8.24. The molecule has 0 bridgehead atoms. The zero-order chi connectivity index (χ0) is 21.8. The summed E-state index contributed by atoms with van der Waals surface area (Å²) in [4.78, 5) is 12.5. The molecule has 0 fully saturated rings. The highest BCUT2D eigenvalue weighted by molar-refractivity contribution is 7.64. The molecule has 1 amide bonds. The summed E-state index contributed by atoms with van der Waals surface area (Å²) < 4.78 is 21.8. The van der Waals surface area contributed by atoms with Gasteiger partial charge in [-0.15, -0.1) is 0 Å². The highest BCUT2D eigenvalue weighted by Crippen LogP contribution is 2.53. The van der Waals surface area contributed by atoms with Crippen molar-refractivity contribution in [2.45, 2.75) is 25.9 Å². The minimum Gasteiger partial charge on any atom is -0.314 e. The Labute approximate surface area is 181 Å². The largest absolute Gasteiger partial charge is 0.314 e. The normalized spacial score (nSPS) is 18.1. The number of hydrogen-bond donors (Lipinski definition) is 2. The van der Waals surface area contributed by atoms with Gasteiger partial charge in [-0.3, -0.25) is 14.6 Å².